The predicted octanol–water partition coefficient (Wildman–Crippen LogP) is 3.41. The number of hydrogen-bond donors (Lipinski definition) is 2. The predicted molar refractivity (Wildman–Crippen MR) is 93.7 cm³/mol. The van der Waals surface area contributed by atoms with E-state index in [1.165, 1.54) is 19.4 Å². The zero-order chi connectivity index (χ0) is 15.4. The molecule has 0 bridgehead atoms. The highest BCUT2D eigenvalue weighted by atomic mass is 79.9. The number of aromatic nitrogens is 2. The lowest BCUT2D eigenvalue weighted by Crippen LogP contribution is -2.37. The van der Waals surface area contributed by atoms with Gasteiger partial charge in [0.25, 0.3) is 0 Å². The molecule has 1 aromatic heterocycles. The second-order valence-corrected chi connectivity index (χ2v) is 6.73. The van der Waals surface area contributed by atoms with Crippen LogP contribution in [0.5, 0.6) is 0 Å². The number of likely N-dealkylation sites (tertiary alicyclic amines) is 1. The van der Waals surface area contributed by atoms with Crippen molar-refractivity contribution < 1.29 is 0 Å². The summed E-state index contributed by atoms with van der Waals surface area (Å²) < 4.78 is 1.08. The summed E-state index contributed by atoms with van der Waals surface area (Å²) in [7, 11) is 0. The van der Waals surface area contributed by atoms with Crippen molar-refractivity contribution in [2.75, 3.05) is 19.6 Å². The first-order chi connectivity index (χ1) is 10.8. The third-order valence-electron chi connectivity index (χ3n) is 4.34. The van der Waals surface area contributed by atoms with Crippen LogP contribution in [0, 0.1) is 0 Å². The molecule has 3 rings (SSSR count). The van der Waals surface area contributed by atoms with Gasteiger partial charge in [-0.1, -0.05) is 35.0 Å². The Hall–Kier alpha value is -1.17. The van der Waals surface area contributed by atoms with Crippen molar-refractivity contribution in [2.24, 2.45) is 0 Å². The molecule has 1 aliphatic rings. The van der Waals surface area contributed by atoms with Crippen LogP contribution in [-0.2, 0) is 6.54 Å². The number of likely N-dealkylation sites (N-methyl/N-ethyl adjacent to an activating group) is 1. The average Bonchev–Trinajstić information content (AvgIpc) is 3.16. The van der Waals surface area contributed by atoms with Crippen LogP contribution >= 0.6 is 15.9 Å². The smallest absolute Gasteiger partial charge is 0.120 e. The number of H-pyrrole nitrogens is 1. The zero-order valence-electron chi connectivity index (χ0n) is 13.0. The number of nitrogens with one attached hydrogen (secondary N) is 2. The van der Waals surface area contributed by atoms with Crippen molar-refractivity contribution in [3.63, 3.8) is 0 Å². The van der Waals surface area contributed by atoms with Gasteiger partial charge in [0.1, 0.15) is 5.82 Å². The van der Waals surface area contributed by atoms with Crippen LogP contribution in [0.3, 0.4) is 0 Å². The molecule has 4 nitrogen and oxygen atoms in total. The van der Waals surface area contributed by atoms with Crippen molar-refractivity contribution in [1.29, 1.82) is 0 Å². The molecule has 0 aliphatic carbocycles. The lowest BCUT2D eigenvalue weighted by molar-refractivity contribution is 0.259. The molecule has 1 atom stereocenters. The summed E-state index contributed by atoms with van der Waals surface area (Å²) in [5, 5.41) is 3.54. The average molecular weight is 363 g/mol. The van der Waals surface area contributed by atoms with Gasteiger partial charge in [0.05, 0.1) is 18.4 Å². The maximum absolute atomic E-state index is 4.48. The van der Waals surface area contributed by atoms with Crippen molar-refractivity contribution in [2.45, 2.75) is 32.4 Å². The monoisotopic (exact) mass is 362 g/mol. The molecule has 2 N–H and O–H groups in total. The van der Waals surface area contributed by atoms with E-state index in [0.29, 0.717) is 6.04 Å². The Balaban J connectivity index is 1.54. The molecule has 0 spiro atoms. The van der Waals surface area contributed by atoms with Crippen LogP contribution in [0.1, 0.15) is 25.6 Å². The highest BCUT2D eigenvalue weighted by Crippen LogP contribution is 2.21. The molecular weight excluding hydrogens is 340 g/mol. The molecular formula is C17H23BrN4. The van der Waals surface area contributed by atoms with E-state index in [9.17, 15) is 0 Å². The van der Waals surface area contributed by atoms with Gasteiger partial charge in [0.15, 0.2) is 0 Å². The summed E-state index contributed by atoms with van der Waals surface area (Å²) in [5.74, 6) is 0.996. The molecule has 1 fully saturated rings. The molecule has 2 heterocycles. The number of hydrogen-bond acceptors (Lipinski definition) is 3. The normalized spacial score (nSPS) is 18.9. The number of aromatic amines is 1. The Labute approximate surface area is 140 Å². The third-order valence-corrected chi connectivity index (χ3v) is 4.83. The third kappa shape index (κ3) is 3.77. The van der Waals surface area contributed by atoms with Gasteiger partial charge in [-0.3, -0.25) is 4.90 Å². The zero-order valence-corrected chi connectivity index (χ0v) is 14.6. The summed E-state index contributed by atoms with van der Waals surface area (Å²) in [6, 6.07) is 8.95. The van der Waals surface area contributed by atoms with Crippen LogP contribution in [0.25, 0.3) is 11.3 Å². The first-order valence-electron chi connectivity index (χ1n) is 8.01. The SMILES string of the molecule is CCN1CCCC1CNCc1ncc(-c2cccc(Br)c2)[nH]1. The van der Waals surface area contributed by atoms with Gasteiger partial charge in [-0.05, 0) is 38.1 Å². The molecule has 1 unspecified atom stereocenters. The van der Waals surface area contributed by atoms with Crippen LogP contribution in [0.2, 0.25) is 0 Å². The molecule has 2 aromatic rings. The topological polar surface area (TPSA) is 44.0 Å². The highest BCUT2D eigenvalue weighted by Gasteiger charge is 2.22. The molecule has 1 saturated heterocycles. The summed E-state index contributed by atoms with van der Waals surface area (Å²) in [6.45, 7) is 6.48. The fourth-order valence-corrected chi connectivity index (χ4v) is 3.55. The lowest BCUT2D eigenvalue weighted by atomic mass is 10.2. The first-order valence-corrected chi connectivity index (χ1v) is 8.80. The minimum atomic E-state index is 0.685. The number of halogens is 1. The summed E-state index contributed by atoms with van der Waals surface area (Å²) >= 11 is 3.51. The highest BCUT2D eigenvalue weighted by molar-refractivity contribution is 9.10. The van der Waals surface area contributed by atoms with Crippen LogP contribution in [0.4, 0.5) is 0 Å². The van der Waals surface area contributed by atoms with Crippen LogP contribution in [0.15, 0.2) is 34.9 Å². The molecule has 1 aliphatic heterocycles. The number of rotatable bonds is 6. The molecule has 0 amide bonds. The van der Waals surface area contributed by atoms with Crippen molar-refractivity contribution in [3.8, 4) is 11.3 Å². The minimum absolute atomic E-state index is 0.685. The summed E-state index contributed by atoms with van der Waals surface area (Å²) in [5.41, 5.74) is 2.22. The molecule has 1 aromatic carbocycles. The Morgan fingerprint density at radius 2 is 2.36 bits per heavy atom. The van der Waals surface area contributed by atoms with Crippen molar-refractivity contribution in [3.05, 3.63) is 40.8 Å². The molecule has 118 valence electrons. The van der Waals surface area contributed by atoms with Crippen LogP contribution in [-0.4, -0.2) is 40.5 Å². The largest absolute Gasteiger partial charge is 0.341 e. The Kier molecular flexibility index (Phi) is 5.28. The second-order valence-electron chi connectivity index (χ2n) is 5.81. The fraction of sp³-hybridized carbons (Fsp3) is 0.471. The van der Waals surface area contributed by atoms with E-state index in [0.717, 1.165) is 41.2 Å². The van der Waals surface area contributed by atoms with Gasteiger partial charge < -0.3 is 10.3 Å². The van der Waals surface area contributed by atoms with E-state index in [1.807, 2.05) is 18.3 Å². The van der Waals surface area contributed by atoms with E-state index in [4.69, 9.17) is 0 Å². The van der Waals surface area contributed by atoms with Gasteiger partial charge >= 0.3 is 0 Å². The van der Waals surface area contributed by atoms with Crippen molar-refractivity contribution in [1.82, 2.24) is 20.2 Å². The van der Waals surface area contributed by atoms with E-state index in [-0.39, 0.29) is 0 Å². The first kappa shape index (κ1) is 15.7. The Morgan fingerprint density at radius 1 is 1.45 bits per heavy atom. The number of imidazole rings is 1. The maximum atomic E-state index is 4.48. The van der Waals surface area contributed by atoms with E-state index in [2.05, 4.69) is 55.2 Å². The molecule has 0 saturated carbocycles. The van der Waals surface area contributed by atoms with Gasteiger partial charge in [0, 0.05) is 22.6 Å². The lowest BCUT2D eigenvalue weighted by Gasteiger charge is -2.22. The van der Waals surface area contributed by atoms with E-state index >= 15 is 0 Å². The quantitative estimate of drug-likeness (QED) is 0.827. The van der Waals surface area contributed by atoms with E-state index in [1.54, 1.807) is 0 Å². The Bertz CT molecular complexity index is 610. The summed E-state index contributed by atoms with van der Waals surface area (Å²) in [6.07, 6.45) is 4.54. The van der Waals surface area contributed by atoms with Gasteiger partial charge in [-0.2, -0.15) is 0 Å². The standard InChI is InChI=1S/C17H23BrN4/c1-2-22-8-4-7-15(22)10-19-12-17-20-11-16(21-17)13-5-3-6-14(18)9-13/h3,5-6,9,11,15,19H,2,4,7-8,10,12H2,1H3,(H,20,21). The molecule has 22 heavy (non-hydrogen) atoms. The maximum Gasteiger partial charge on any atom is 0.120 e. The number of benzene rings is 1. The fourth-order valence-electron chi connectivity index (χ4n) is 3.15. The van der Waals surface area contributed by atoms with Gasteiger partial charge in [0.2, 0.25) is 0 Å². The second kappa shape index (κ2) is 7.40. The Morgan fingerprint density at radius 3 is 3.18 bits per heavy atom. The van der Waals surface area contributed by atoms with Gasteiger partial charge in [-0.15, -0.1) is 0 Å². The molecule has 0 radical (unpaired) electrons. The van der Waals surface area contributed by atoms with Crippen LogP contribution < -0.4 is 5.32 Å². The minimum Gasteiger partial charge on any atom is -0.341 e. The van der Waals surface area contributed by atoms with E-state index < -0.39 is 0 Å². The van der Waals surface area contributed by atoms with Gasteiger partial charge in [-0.25, -0.2) is 4.98 Å². The number of nitrogens with zero attached hydrogens (tertiary/aromatic N) is 2. The molecule has 5 heteroatoms. The summed E-state index contributed by atoms with van der Waals surface area (Å²) in [4.78, 5) is 10.4. The van der Waals surface area contributed by atoms with Crippen molar-refractivity contribution >= 4 is 15.9 Å².